The molecular formula is C14H16O. The Morgan fingerprint density at radius 3 is 3.07 bits per heavy atom. The van der Waals surface area contributed by atoms with Crippen LogP contribution in [0.25, 0.3) is 0 Å². The number of ether oxygens (including phenoxy) is 1. The molecule has 78 valence electrons. The largest absolute Gasteiger partial charge is 0.493 e. The van der Waals surface area contributed by atoms with E-state index in [1.54, 1.807) is 6.08 Å². The molecule has 1 aliphatic heterocycles. The number of terminal acetylenes is 1. The molecule has 0 aromatic heterocycles. The molecule has 2 unspecified atom stereocenters. The van der Waals surface area contributed by atoms with Gasteiger partial charge in [-0.05, 0) is 24.0 Å². The van der Waals surface area contributed by atoms with Gasteiger partial charge in [-0.25, -0.2) is 0 Å². The SMILES string of the molecule is C#C/C=C\C=C1/COC2=C1C(CC)C2C. The third kappa shape index (κ3) is 1.51. The van der Waals surface area contributed by atoms with Crippen LogP contribution in [-0.4, -0.2) is 6.61 Å². The van der Waals surface area contributed by atoms with Crippen molar-refractivity contribution in [3.63, 3.8) is 0 Å². The van der Waals surface area contributed by atoms with Gasteiger partial charge in [0.2, 0.25) is 0 Å². The molecule has 0 spiro atoms. The number of hydrogen-bond donors (Lipinski definition) is 0. The average Bonchev–Trinajstić information content (AvgIpc) is 2.59. The minimum absolute atomic E-state index is 0.604. The molecule has 0 aromatic rings. The maximum atomic E-state index is 5.67. The fourth-order valence-electron chi connectivity index (χ4n) is 2.52. The van der Waals surface area contributed by atoms with Crippen LogP contribution in [0.5, 0.6) is 0 Å². The highest BCUT2D eigenvalue weighted by atomic mass is 16.5. The van der Waals surface area contributed by atoms with Crippen LogP contribution in [0.4, 0.5) is 0 Å². The van der Waals surface area contributed by atoms with E-state index in [4.69, 9.17) is 11.2 Å². The topological polar surface area (TPSA) is 9.23 Å². The summed E-state index contributed by atoms with van der Waals surface area (Å²) in [4.78, 5) is 0. The highest BCUT2D eigenvalue weighted by Crippen LogP contribution is 2.50. The molecule has 0 bridgehead atoms. The van der Waals surface area contributed by atoms with Crippen LogP contribution in [0, 0.1) is 24.2 Å². The van der Waals surface area contributed by atoms with Gasteiger partial charge in [0, 0.05) is 11.5 Å². The van der Waals surface area contributed by atoms with E-state index >= 15 is 0 Å². The van der Waals surface area contributed by atoms with E-state index < -0.39 is 0 Å². The zero-order valence-corrected chi connectivity index (χ0v) is 9.29. The Morgan fingerprint density at radius 2 is 2.40 bits per heavy atom. The van der Waals surface area contributed by atoms with Gasteiger partial charge >= 0.3 is 0 Å². The van der Waals surface area contributed by atoms with Crippen LogP contribution in [0.3, 0.4) is 0 Å². The molecule has 1 aliphatic carbocycles. The van der Waals surface area contributed by atoms with E-state index in [-0.39, 0.29) is 0 Å². The lowest BCUT2D eigenvalue weighted by atomic mass is 9.70. The predicted molar refractivity (Wildman–Crippen MR) is 62.0 cm³/mol. The average molecular weight is 200 g/mol. The van der Waals surface area contributed by atoms with Crippen molar-refractivity contribution < 1.29 is 4.74 Å². The summed E-state index contributed by atoms with van der Waals surface area (Å²) in [6.07, 6.45) is 12.1. The molecule has 2 atom stereocenters. The molecule has 0 saturated heterocycles. The highest BCUT2D eigenvalue weighted by Gasteiger charge is 2.42. The van der Waals surface area contributed by atoms with Gasteiger partial charge in [0.25, 0.3) is 0 Å². The van der Waals surface area contributed by atoms with Gasteiger partial charge < -0.3 is 4.74 Å². The minimum Gasteiger partial charge on any atom is -0.493 e. The van der Waals surface area contributed by atoms with Crippen molar-refractivity contribution in [3.8, 4) is 12.3 Å². The van der Waals surface area contributed by atoms with Gasteiger partial charge in [0.15, 0.2) is 0 Å². The molecule has 2 aliphatic rings. The maximum absolute atomic E-state index is 5.67. The normalized spacial score (nSPS) is 31.4. The Bertz CT molecular complexity index is 390. The Balaban J connectivity index is 2.20. The summed E-state index contributed by atoms with van der Waals surface area (Å²) in [7, 11) is 0. The molecule has 2 rings (SSSR count). The van der Waals surface area contributed by atoms with E-state index in [1.165, 1.54) is 23.3 Å². The third-order valence-corrected chi connectivity index (χ3v) is 3.31. The first kappa shape index (κ1) is 10.1. The molecule has 0 saturated carbocycles. The smallest absolute Gasteiger partial charge is 0.113 e. The van der Waals surface area contributed by atoms with Crippen molar-refractivity contribution in [1.29, 1.82) is 0 Å². The van der Waals surface area contributed by atoms with Crippen LogP contribution in [-0.2, 0) is 4.74 Å². The summed E-state index contributed by atoms with van der Waals surface area (Å²) in [5, 5.41) is 0. The van der Waals surface area contributed by atoms with E-state index in [0.717, 1.165) is 6.61 Å². The van der Waals surface area contributed by atoms with Gasteiger partial charge in [-0.3, -0.25) is 0 Å². The molecule has 0 aromatic carbocycles. The van der Waals surface area contributed by atoms with Gasteiger partial charge in [0.1, 0.15) is 12.4 Å². The number of rotatable bonds is 2. The Labute approximate surface area is 91.5 Å². The first-order valence-electron chi connectivity index (χ1n) is 5.48. The molecule has 1 heteroatoms. The lowest BCUT2D eigenvalue weighted by molar-refractivity contribution is 0.181. The minimum atomic E-state index is 0.604. The van der Waals surface area contributed by atoms with Gasteiger partial charge in [-0.2, -0.15) is 0 Å². The second-order valence-corrected chi connectivity index (χ2v) is 4.09. The van der Waals surface area contributed by atoms with Gasteiger partial charge in [-0.1, -0.05) is 31.9 Å². The Morgan fingerprint density at radius 1 is 1.60 bits per heavy atom. The zero-order valence-electron chi connectivity index (χ0n) is 9.29. The van der Waals surface area contributed by atoms with Crippen molar-refractivity contribution in [2.45, 2.75) is 20.3 Å². The second kappa shape index (κ2) is 3.98. The quantitative estimate of drug-likeness (QED) is 0.622. The van der Waals surface area contributed by atoms with E-state index in [1.807, 2.05) is 6.08 Å². The van der Waals surface area contributed by atoms with Crippen molar-refractivity contribution in [2.24, 2.45) is 11.8 Å². The lowest BCUT2D eigenvalue weighted by Crippen LogP contribution is -2.26. The van der Waals surface area contributed by atoms with E-state index in [9.17, 15) is 0 Å². The number of hydrogen-bond acceptors (Lipinski definition) is 1. The fourth-order valence-corrected chi connectivity index (χ4v) is 2.52. The molecule has 15 heavy (non-hydrogen) atoms. The van der Waals surface area contributed by atoms with Crippen LogP contribution in [0.2, 0.25) is 0 Å². The predicted octanol–water partition coefficient (Wildman–Crippen LogP) is 3.06. The van der Waals surface area contributed by atoms with Gasteiger partial charge in [-0.15, -0.1) is 6.42 Å². The first-order valence-corrected chi connectivity index (χ1v) is 5.48. The molecule has 0 fully saturated rings. The van der Waals surface area contributed by atoms with Crippen LogP contribution in [0.15, 0.2) is 35.1 Å². The third-order valence-electron chi connectivity index (χ3n) is 3.31. The standard InChI is InChI=1S/C14H16O/c1-4-6-7-8-11-9-15-14-10(3)12(5-2)13(11)14/h1,6-8,10,12H,5,9H2,2-3H3/b7-6-,11-8+. The van der Waals surface area contributed by atoms with Crippen molar-refractivity contribution >= 4 is 0 Å². The summed E-state index contributed by atoms with van der Waals surface area (Å²) in [6, 6.07) is 0. The lowest BCUT2D eigenvalue weighted by Gasteiger charge is -2.34. The van der Waals surface area contributed by atoms with E-state index in [2.05, 4.69) is 25.8 Å². The van der Waals surface area contributed by atoms with Crippen LogP contribution < -0.4 is 0 Å². The molecule has 0 amide bonds. The summed E-state index contributed by atoms with van der Waals surface area (Å²) >= 11 is 0. The second-order valence-electron chi connectivity index (χ2n) is 4.09. The summed E-state index contributed by atoms with van der Waals surface area (Å²) in [6.45, 7) is 5.20. The fraction of sp³-hybridized carbons (Fsp3) is 0.429. The highest BCUT2D eigenvalue weighted by molar-refractivity contribution is 5.49. The summed E-state index contributed by atoms with van der Waals surface area (Å²) in [5.41, 5.74) is 2.74. The Hall–Kier alpha value is -1.42. The van der Waals surface area contributed by atoms with Crippen LogP contribution >= 0.6 is 0 Å². The molecule has 0 N–H and O–H groups in total. The number of allylic oxidation sites excluding steroid dienone is 4. The van der Waals surface area contributed by atoms with Crippen molar-refractivity contribution in [2.75, 3.05) is 6.61 Å². The molecule has 1 nitrogen and oxygen atoms in total. The van der Waals surface area contributed by atoms with Crippen molar-refractivity contribution in [3.05, 3.63) is 35.1 Å². The molecule has 0 radical (unpaired) electrons. The summed E-state index contributed by atoms with van der Waals surface area (Å²) < 4.78 is 5.67. The van der Waals surface area contributed by atoms with Crippen molar-refractivity contribution in [1.82, 2.24) is 0 Å². The zero-order chi connectivity index (χ0) is 10.8. The maximum Gasteiger partial charge on any atom is 0.113 e. The monoisotopic (exact) mass is 200 g/mol. The van der Waals surface area contributed by atoms with Gasteiger partial charge in [0.05, 0.1) is 0 Å². The Kier molecular flexibility index (Phi) is 2.68. The van der Waals surface area contributed by atoms with Crippen LogP contribution in [0.1, 0.15) is 20.3 Å². The summed E-state index contributed by atoms with van der Waals surface area (Å²) in [5.74, 6) is 4.99. The van der Waals surface area contributed by atoms with E-state index in [0.29, 0.717) is 11.8 Å². The molecule has 1 heterocycles. The first-order chi connectivity index (χ1) is 7.29. The molecular weight excluding hydrogens is 184 g/mol.